The summed E-state index contributed by atoms with van der Waals surface area (Å²) in [6.07, 6.45) is 0. The second kappa shape index (κ2) is 29.7. The summed E-state index contributed by atoms with van der Waals surface area (Å²) >= 11 is 0. The van der Waals surface area contributed by atoms with E-state index >= 15 is 0 Å². The molecule has 0 bridgehead atoms. The Labute approximate surface area is 52.3 Å². The Bertz CT molecular complexity index is 8.00. The average molecular weight is 136 g/mol. The van der Waals surface area contributed by atoms with Gasteiger partial charge in [0.05, 0.1) is 0 Å². The first-order chi connectivity index (χ1) is 1.00. The van der Waals surface area contributed by atoms with Crippen molar-refractivity contribution in [3.63, 3.8) is 0 Å². The van der Waals surface area contributed by atoms with Gasteiger partial charge in [-0.15, -0.1) is 0 Å². The molecule has 1 nitrogen and oxygen atoms in total. The number of rotatable bonds is 0. The van der Waals surface area contributed by atoms with Crippen LogP contribution in [0.3, 0.4) is 0 Å². The fourth-order valence-corrected chi connectivity index (χ4v) is 0. The molecule has 0 aliphatic rings. The normalized spacial score (nSPS) is 1.50. The number of aliphatic hydroxyl groups excluding tert-OH is 1. The summed E-state index contributed by atoms with van der Waals surface area (Å²) in [6, 6.07) is 0. The molecule has 0 unspecified atom stereocenters. The number of halogens is 1. The van der Waals surface area contributed by atoms with Crippen molar-refractivity contribution in [1.29, 1.82) is 0 Å². The summed E-state index contributed by atoms with van der Waals surface area (Å²) in [7, 11) is 1.00. The second-order valence-electron chi connectivity index (χ2n) is 0. The van der Waals surface area contributed by atoms with E-state index in [1.54, 1.807) is 0 Å². The van der Waals surface area contributed by atoms with E-state index < -0.39 is 0 Å². The molecule has 4 heavy (non-hydrogen) atoms. The van der Waals surface area contributed by atoms with Crippen molar-refractivity contribution >= 4 is 23.1 Å². The minimum atomic E-state index is 0. The van der Waals surface area contributed by atoms with Crippen LogP contribution < -0.4 is 17.0 Å². The predicted molar refractivity (Wildman–Crippen MR) is 13.9 cm³/mol. The van der Waals surface area contributed by atoms with Crippen LogP contribution in [0.15, 0.2) is 0 Å². The third kappa shape index (κ3) is 10.7. The van der Waals surface area contributed by atoms with Gasteiger partial charge in [-0.1, -0.05) is 0 Å². The standard InChI is InChI=1S/CH4O.BrH.Mg/c1-2;;/h2H,1H3;1H;/q;;+2/p-1. The van der Waals surface area contributed by atoms with Crippen molar-refractivity contribution in [2.75, 3.05) is 7.11 Å². The SMILES string of the molecule is CO.[Br-].[Mg+2]. The molecule has 1 N–H and O–H groups in total. The van der Waals surface area contributed by atoms with Crippen LogP contribution in [0.1, 0.15) is 0 Å². The molecule has 3 heteroatoms. The average Bonchev–Trinajstić information content (AvgIpc) is 1.00. The van der Waals surface area contributed by atoms with E-state index in [1.807, 2.05) is 0 Å². The molecular formula is CH4BrMgO+. The van der Waals surface area contributed by atoms with Gasteiger partial charge in [-0.3, -0.25) is 0 Å². The van der Waals surface area contributed by atoms with Gasteiger partial charge in [0.1, 0.15) is 0 Å². The van der Waals surface area contributed by atoms with Crippen LogP contribution in [0.4, 0.5) is 0 Å². The van der Waals surface area contributed by atoms with Gasteiger partial charge in [0.2, 0.25) is 0 Å². The van der Waals surface area contributed by atoms with Crippen molar-refractivity contribution in [3.8, 4) is 0 Å². The Morgan fingerprint density at radius 2 is 1.25 bits per heavy atom. The Morgan fingerprint density at radius 3 is 1.25 bits per heavy atom. The molecule has 0 saturated carbocycles. The Kier molecular flexibility index (Phi) is 141. The summed E-state index contributed by atoms with van der Waals surface area (Å²) in [6.45, 7) is 0. The maximum absolute atomic E-state index is 7.00. The van der Waals surface area contributed by atoms with Gasteiger partial charge in [-0.2, -0.15) is 0 Å². The molecule has 0 aromatic rings. The molecule has 0 fully saturated rings. The zero-order valence-corrected chi connectivity index (χ0v) is 5.53. The maximum atomic E-state index is 7.00. The predicted octanol–water partition coefficient (Wildman–Crippen LogP) is -3.77. The topological polar surface area (TPSA) is 20.2 Å². The van der Waals surface area contributed by atoms with Gasteiger partial charge in [0.25, 0.3) is 0 Å². The van der Waals surface area contributed by atoms with Gasteiger partial charge in [0.15, 0.2) is 0 Å². The van der Waals surface area contributed by atoms with Crippen LogP contribution >= 0.6 is 0 Å². The minimum absolute atomic E-state index is 0. The van der Waals surface area contributed by atoms with Crippen molar-refractivity contribution in [2.45, 2.75) is 0 Å². The van der Waals surface area contributed by atoms with E-state index in [0.717, 1.165) is 7.11 Å². The van der Waals surface area contributed by atoms with Gasteiger partial charge < -0.3 is 22.1 Å². The minimum Gasteiger partial charge on any atom is -1.00 e. The molecule has 0 saturated heterocycles. The quantitative estimate of drug-likeness (QED) is 0.339. The first-order valence-corrected chi connectivity index (χ1v) is 0.447. The summed E-state index contributed by atoms with van der Waals surface area (Å²) in [5.41, 5.74) is 0. The molecule has 0 atom stereocenters. The molecule has 22 valence electrons. The van der Waals surface area contributed by atoms with Crippen LogP contribution in [-0.4, -0.2) is 35.3 Å². The summed E-state index contributed by atoms with van der Waals surface area (Å²) in [4.78, 5) is 0. The Morgan fingerprint density at radius 1 is 1.25 bits per heavy atom. The van der Waals surface area contributed by atoms with E-state index in [0.29, 0.717) is 0 Å². The summed E-state index contributed by atoms with van der Waals surface area (Å²) < 4.78 is 0. The van der Waals surface area contributed by atoms with Crippen LogP contribution in [-0.2, 0) is 0 Å². The molecule has 0 amide bonds. The molecule has 0 aromatic carbocycles. The first-order valence-electron chi connectivity index (χ1n) is 0.447. The summed E-state index contributed by atoms with van der Waals surface area (Å²) in [5, 5.41) is 7.00. The third-order valence-electron chi connectivity index (χ3n) is 0. The number of aliphatic hydroxyl groups is 1. The second-order valence-corrected chi connectivity index (χ2v) is 0. The van der Waals surface area contributed by atoms with E-state index in [4.69, 9.17) is 5.11 Å². The van der Waals surface area contributed by atoms with Gasteiger partial charge in [-0.25, -0.2) is 0 Å². The fourth-order valence-electron chi connectivity index (χ4n) is 0. The molecule has 0 aliphatic heterocycles. The molecule has 0 aromatic heterocycles. The molecule has 0 spiro atoms. The summed E-state index contributed by atoms with van der Waals surface area (Å²) in [5.74, 6) is 0. The smallest absolute Gasteiger partial charge is 1.00 e. The van der Waals surface area contributed by atoms with Gasteiger partial charge in [-0.05, 0) is 0 Å². The van der Waals surface area contributed by atoms with Crippen molar-refractivity contribution in [1.82, 2.24) is 0 Å². The van der Waals surface area contributed by atoms with E-state index in [-0.39, 0.29) is 40.0 Å². The third-order valence-corrected chi connectivity index (χ3v) is 0. The zero-order valence-electron chi connectivity index (χ0n) is 2.53. The van der Waals surface area contributed by atoms with E-state index in [9.17, 15) is 0 Å². The number of hydrogen-bond donors (Lipinski definition) is 1. The molecule has 0 heterocycles. The van der Waals surface area contributed by atoms with Crippen LogP contribution in [0.5, 0.6) is 0 Å². The van der Waals surface area contributed by atoms with E-state index in [2.05, 4.69) is 0 Å². The van der Waals surface area contributed by atoms with Crippen LogP contribution in [0, 0.1) is 0 Å². The fraction of sp³-hybridized carbons (Fsp3) is 1.00. The number of hydrogen-bond acceptors (Lipinski definition) is 1. The monoisotopic (exact) mass is 135 g/mol. The molecular weight excluding hydrogens is 132 g/mol. The molecule has 0 rings (SSSR count). The van der Waals surface area contributed by atoms with Gasteiger partial charge >= 0.3 is 23.1 Å². The van der Waals surface area contributed by atoms with Crippen molar-refractivity contribution < 1.29 is 22.1 Å². The Balaban J connectivity index is -0.00000000500. The van der Waals surface area contributed by atoms with Crippen molar-refractivity contribution in [3.05, 3.63) is 0 Å². The maximum Gasteiger partial charge on any atom is 2.00 e. The van der Waals surface area contributed by atoms with E-state index in [1.165, 1.54) is 0 Å². The van der Waals surface area contributed by atoms with Crippen molar-refractivity contribution in [2.24, 2.45) is 0 Å². The zero-order chi connectivity index (χ0) is 2.00. The van der Waals surface area contributed by atoms with Gasteiger partial charge in [0, 0.05) is 7.11 Å². The molecule has 0 aliphatic carbocycles. The largest absolute Gasteiger partial charge is 2.00 e. The van der Waals surface area contributed by atoms with Crippen LogP contribution in [0.2, 0.25) is 0 Å². The van der Waals surface area contributed by atoms with Crippen LogP contribution in [0.25, 0.3) is 0 Å². The first kappa shape index (κ1) is 18.9. The Hall–Kier alpha value is 1.21. The molecule has 0 radical (unpaired) electrons.